The van der Waals surface area contributed by atoms with Crippen molar-refractivity contribution in [2.24, 2.45) is 0 Å². The highest BCUT2D eigenvalue weighted by Crippen LogP contribution is 2.31. The smallest absolute Gasteiger partial charge is 0.289 e. The van der Waals surface area contributed by atoms with Gasteiger partial charge in [-0.25, -0.2) is 8.42 Å². The predicted octanol–water partition coefficient (Wildman–Crippen LogP) is 0.997. The number of carbonyl (C=O) groups is 1. The summed E-state index contributed by atoms with van der Waals surface area (Å²) in [5.41, 5.74) is -0.476. The number of benzene rings is 1. The Kier molecular flexibility index (Phi) is 5.54. The molecule has 3 rings (SSSR count). The van der Waals surface area contributed by atoms with Gasteiger partial charge in [0.25, 0.3) is 15.7 Å². The zero-order chi connectivity index (χ0) is 18.7. The normalized spacial score (nSPS) is 22.2. The molecule has 1 aromatic carbocycles. The third-order valence-electron chi connectivity index (χ3n) is 4.71. The number of hydrogen-bond donors (Lipinski definition) is 0. The van der Waals surface area contributed by atoms with E-state index in [4.69, 9.17) is 4.74 Å². The number of amides is 1. The Hall–Kier alpha value is -2.04. The molecular formula is C16H21N3O6S. The number of hydrogen-bond acceptors (Lipinski definition) is 6. The second kappa shape index (κ2) is 7.68. The first kappa shape index (κ1) is 18.7. The van der Waals surface area contributed by atoms with Crippen LogP contribution in [0.15, 0.2) is 29.2 Å². The van der Waals surface area contributed by atoms with Gasteiger partial charge in [0.2, 0.25) is 5.91 Å². The van der Waals surface area contributed by atoms with Crippen LogP contribution in [0.5, 0.6) is 0 Å². The van der Waals surface area contributed by atoms with Crippen molar-refractivity contribution in [3.8, 4) is 0 Å². The number of rotatable bonds is 4. The Bertz CT molecular complexity index is 791. The fourth-order valence-electron chi connectivity index (χ4n) is 3.39. The number of sulfonamides is 1. The minimum Gasteiger partial charge on any atom is -0.378 e. The molecular weight excluding hydrogens is 362 g/mol. The van der Waals surface area contributed by atoms with Gasteiger partial charge in [0.15, 0.2) is 4.90 Å². The highest BCUT2D eigenvalue weighted by Gasteiger charge is 2.41. The van der Waals surface area contributed by atoms with E-state index in [0.29, 0.717) is 39.1 Å². The van der Waals surface area contributed by atoms with Crippen molar-refractivity contribution in [2.75, 3.05) is 32.8 Å². The summed E-state index contributed by atoms with van der Waals surface area (Å²) in [7, 11) is -4.16. The lowest BCUT2D eigenvalue weighted by Gasteiger charge is -2.37. The van der Waals surface area contributed by atoms with Crippen molar-refractivity contribution in [1.82, 2.24) is 9.21 Å². The lowest BCUT2D eigenvalue weighted by Crippen LogP contribution is -2.55. The molecule has 9 nitrogen and oxygen atoms in total. The average Bonchev–Trinajstić information content (AvgIpc) is 2.68. The van der Waals surface area contributed by atoms with Crippen molar-refractivity contribution < 1.29 is 22.9 Å². The maximum atomic E-state index is 13.1. The van der Waals surface area contributed by atoms with E-state index in [0.717, 1.165) is 16.8 Å². The summed E-state index contributed by atoms with van der Waals surface area (Å²) in [5.74, 6) is -0.254. The summed E-state index contributed by atoms with van der Waals surface area (Å²) in [6.07, 6.45) is 1.77. The van der Waals surface area contributed by atoms with E-state index in [1.807, 2.05) is 0 Å². The maximum Gasteiger partial charge on any atom is 0.289 e. The molecule has 0 N–H and O–H groups in total. The van der Waals surface area contributed by atoms with Crippen LogP contribution in [0.2, 0.25) is 0 Å². The molecule has 2 aliphatic heterocycles. The first-order chi connectivity index (χ1) is 12.4. The molecule has 0 spiro atoms. The number of nitro benzene ring substituents is 1. The van der Waals surface area contributed by atoms with Gasteiger partial charge in [-0.15, -0.1) is 0 Å². The largest absolute Gasteiger partial charge is 0.378 e. The van der Waals surface area contributed by atoms with Crippen molar-refractivity contribution in [3.05, 3.63) is 34.4 Å². The Morgan fingerprint density at radius 3 is 2.54 bits per heavy atom. The van der Waals surface area contributed by atoms with E-state index in [-0.39, 0.29) is 17.3 Å². The van der Waals surface area contributed by atoms with E-state index < -0.39 is 26.7 Å². The second-order valence-corrected chi connectivity index (χ2v) is 8.15. The summed E-state index contributed by atoms with van der Waals surface area (Å²) in [6.45, 7) is 1.88. The van der Waals surface area contributed by atoms with Crippen LogP contribution in [-0.2, 0) is 19.6 Å². The molecule has 0 unspecified atom stereocenters. The quantitative estimate of drug-likeness (QED) is 0.567. The van der Waals surface area contributed by atoms with Gasteiger partial charge in [0, 0.05) is 25.7 Å². The number of para-hydroxylation sites is 1. The zero-order valence-electron chi connectivity index (χ0n) is 14.2. The molecule has 0 aromatic heterocycles. The number of nitro groups is 1. The standard InChI is InChI=1S/C16H21N3O6S/c20-16(17-9-11-25-12-10-17)14-6-3-4-8-18(14)26(23,24)15-7-2-1-5-13(15)19(21)22/h1-2,5,7,14H,3-4,6,8-12H2/t14-/m1/s1. The van der Waals surface area contributed by atoms with Crippen molar-refractivity contribution in [1.29, 1.82) is 0 Å². The Balaban J connectivity index is 1.94. The monoisotopic (exact) mass is 383 g/mol. The Labute approximate surface area is 151 Å². The van der Waals surface area contributed by atoms with Crippen LogP contribution in [0, 0.1) is 10.1 Å². The third-order valence-corrected chi connectivity index (χ3v) is 6.67. The number of ether oxygens (including phenoxy) is 1. The topological polar surface area (TPSA) is 110 Å². The van der Waals surface area contributed by atoms with Crippen LogP contribution in [0.1, 0.15) is 19.3 Å². The van der Waals surface area contributed by atoms with Crippen molar-refractivity contribution in [3.63, 3.8) is 0 Å². The van der Waals surface area contributed by atoms with Gasteiger partial charge in [-0.3, -0.25) is 14.9 Å². The van der Waals surface area contributed by atoms with Crippen LogP contribution in [-0.4, -0.2) is 67.3 Å². The van der Waals surface area contributed by atoms with Gasteiger partial charge in [0.1, 0.15) is 6.04 Å². The molecule has 1 aromatic rings. The summed E-state index contributed by atoms with van der Waals surface area (Å²) in [6, 6.07) is 4.42. The van der Waals surface area contributed by atoms with Crippen LogP contribution in [0.25, 0.3) is 0 Å². The third kappa shape index (κ3) is 3.57. The van der Waals surface area contributed by atoms with E-state index in [1.165, 1.54) is 18.2 Å². The summed E-state index contributed by atoms with van der Waals surface area (Å²) in [5, 5.41) is 11.2. The molecule has 10 heteroatoms. The van der Waals surface area contributed by atoms with Crippen molar-refractivity contribution in [2.45, 2.75) is 30.2 Å². The molecule has 26 heavy (non-hydrogen) atoms. The number of nitrogens with zero attached hydrogens (tertiary/aromatic N) is 3. The van der Waals surface area contributed by atoms with Gasteiger partial charge in [-0.1, -0.05) is 18.6 Å². The average molecular weight is 383 g/mol. The fourth-order valence-corrected chi connectivity index (χ4v) is 5.20. The first-order valence-electron chi connectivity index (χ1n) is 8.55. The molecule has 142 valence electrons. The highest BCUT2D eigenvalue weighted by atomic mass is 32.2. The zero-order valence-corrected chi connectivity index (χ0v) is 15.1. The molecule has 2 fully saturated rings. The molecule has 1 atom stereocenters. The molecule has 0 aliphatic carbocycles. The summed E-state index contributed by atoms with van der Waals surface area (Å²) >= 11 is 0. The lowest BCUT2D eigenvalue weighted by atomic mass is 10.0. The molecule has 0 saturated carbocycles. The Morgan fingerprint density at radius 1 is 1.15 bits per heavy atom. The number of piperidine rings is 1. The van der Waals surface area contributed by atoms with Crippen LogP contribution < -0.4 is 0 Å². The molecule has 2 aliphatic rings. The summed E-state index contributed by atoms with van der Waals surface area (Å²) in [4.78, 5) is 24.7. The minimum atomic E-state index is -4.16. The van der Waals surface area contributed by atoms with E-state index in [2.05, 4.69) is 0 Å². The van der Waals surface area contributed by atoms with Gasteiger partial charge >= 0.3 is 0 Å². The van der Waals surface area contributed by atoms with Crippen LogP contribution in [0.4, 0.5) is 5.69 Å². The SMILES string of the molecule is O=C([C@H]1CCCCN1S(=O)(=O)c1ccccc1[N+](=O)[O-])N1CCOCC1. The summed E-state index contributed by atoms with van der Waals surface area (Å²) < 4.78 is 32.6. The van der Waals surface area contributed by atoms with Gasteiger partial charge in [-0.05, 0) is 18.9 Å². The highest BCUT2D eigenvalue weighted by molar-refractivity contribution is 7.89. The minimum absolute atomic E-state index is 0.176. The predicted molar refractivity (Wildman–Crippen MR) is 92.0 cm³/mol. The van der Waals surface area contributed by atoms with E-state index in [1.54, 1.807) is 4.90 Å². The fraction of sp³-hybridized carbons (Fsp3) is 0.562. The van der Waals surface area contributed by atoms with Crippen molar-refractivity contribution >= 4 is 21.6 Å². The van der Waals surface area contributed by atoms with Crippen LogP contribution in [0.3, 0.4) is 0 Å². The van der Waals surface area contributed by atoms with Gasteiger partial charge < -0.3 is 9.64 Å². The molecule has 2 heterocycles. The first-order valence-corrected chi connectivity index (χ1v) is 9.99. The van der Waals surface area contributed by atoms with Gasteiger partial charge in [0.05, 0.1) is 18.1 Å². The second-order valence-electron chi connectivity index (χ2n) is 6.29. The Morgan fingerprint density at radius 2 is 1.85 bits per heavy atom. The molecule has 0 bridgehead atoms. The maximum absolute atomic E-state index is 13.1. The van der Waals surface area contributed by atoms with E-state index >= 15 is 0 Å². The molecule has 0 radical (unpaired) electrons. The lowest BCUT2D eigenvalue weighted by molar-refractivity contribution is -0.387. The van der Waals surface area contributed by atoms with Crippen LogP contribution >= 0.6 is 0 Å². The van der Waals surface area contributed by atoms with Gasteiger partial charge in [-0.2, -0.15) is 4.31 Å². The molecule has 1 amide bonds. The number of carbonyl (C=O) groups excluding carboxylic acids is 1. The van der Waals surface area contributed by atoms with E-state index in [9.17, 15) is 23.3 Å². The number of morpholine rings is 1. The molecule has 2 saturated heterocycles.